The number of esters is 3. The summed E-state index contributed by atoms with van der Waals surface area (Å²) >= 11 is 0. The maximum atomic E-state index is 13.0. The number of unbranched alkanes of at least 4 members (excludes halogenated alkanes) is 28. The molecule has 0 aromatic rings. The van der Waals surface area contributed by atoms with Gasteiger partial charge in [-0.05, 0) is 148 Å². The molecule has 0 aliphatic carbocycles. The summed E-state index contributed by atoms with van der Waals surface area (Å²) < 4.78 is 61.2. The number of hydrogen-bond donors (Lipinski definition) is 4. The fourth-order valence-corrected chi connectivity index (χ4v) is 12.0. The highest BCUT2D eigenvalue weighted by Crippen LogP contribution is 2.45. The van der Waals surface area contributed by atoms with E-state index in [1.807, 2.05) is 0 Å². The highest BCUT2D eigenvalue weighted by Gasteiger charge is 2.29. The Morgan fingerprint density at radius 1 is 0.282 bits per heavy atom. The Bertz CT molecular complexity index is 2450. The molecule has 0 heterocycles. The highest BCUT2D eigenvalue weighted by molar-refractivity contribution is 7.47. The summed E-state index contributed by atoms with van der Waals surface area (Å²) in [5, 5.41) is 20.7. The number of ether oxygens (including phenoxy) is 3. The van der Waals surface area contributed by atoms with Crippen molar-refractivity contribution in [3.05, 3.63) is 146 Å². The minimum atomic E-state index is -4.95. The molecular formula is C85H144O16P2. The molecule has 0 rings (SSSR count). The molecule has 4 N–H and O–H groups in total. The van der Waals surface area contributed by atoms with Crippen LogP contribution in [-0.4, -0.2) is 95.9 Å². The zero-order valence-electron chi connectivity index (χ0n) is 64.4. The van der Waals surface area contributed by atoms with E-state index < -0.39 is 91.5 Å². The van der Waals surface area contributed by atoms with Crippen LogP contribution in [0.3, 0.4) is 0 Å². The lowest BCUT2D eigenvalue weighted by atomic mass is 10.0. The Balaban J connectivity index is 4.65. The topological polar surface area (TPSA) is 231 Å². The number of phosphoric ester groups is 2. The van der Waals surface area contributed by atoms with Gasteiger partial charge in [-0.25, -0.2) is 9.13 Å². The van der Waals surface area contributed by atoms with Gasteiger partial charge in [-0.15, -0.1) is 0 Å². The van der Waals surface area contributed by atoms with Crippen LogP contribution in [0.15, 0.2) is 146 Å². The van der Waals surface area contributed by atoms with E-state index in [1.54, 1.807) is 0 Å². The summed E-state index contributed by atoms with van der Waals surface area (Å²) in [7, 11) is -9.81. The molecule has 0 saturated heterocycles. The Hall–Kier alpha value is -4.57. The normalized spacial score (nSPS) is 14.7. The monoisotopic (exact) mass is 1480 g/mol. The maximum absolute atomic E-state index is 13.0. The van der Waals surface area contributed by atoms with Gasteiger partial charge in [0.2, 0.25) is 0 Å². The minimum absolute atomic E-state index is 0.0819. The van der Waals surface area contributed by atoms with Gasteiger partial charge in [0.25, 0.3) is 0 Å². The third-order valence-corrected chi connectivity index (χ3v) is 18.4. The zero-order valence-corrected chi connectivity index (χ0v) is 66.2. The highest BCUT2D eigenvalue weighted by atomic mass is 31.2. The predicted octanol–water partition coefficient (Wildman–Crippen LogP) is 23.7. The Labute approximate surface area is 626 Å². The molecule has 5 atom stereocenters. The number of hydrogen-bond acceptors (Lipinski definition) is 14. The number of aliphatic hydroxyl groups is 2. The van der Waals surface area contributed by atoms with Crippen molar-refractivity contribution in [3.63, 3.8) is 0 Å². The van der Waals surface area contributed by atoms with Crippen LogP contribution in [0.1, 0.15) is 316 Å². The number of allylic oxidation sites excluding steroid dienone is 24. The molecule has 0 fully saturated rings. The van der Waals surface area contributed by atoms with Crippen LogP contribution in [0.25, 0.3) is 0 Å². The van der Waals surface area contributed by atoms with Gasteiger partial charge in [0, 0.05) is 19.3 Å². The molecule has 590 valence electrons. The van der Waals surface area contributed by atoms with Crippen LogP contribution in [-0.2, 0) is 55.8 Å². The lowest BCUT2D eigenvalue weighted by Gasteiger charge is -2.21. The van der Waals surface area contributed by atoms with E-state index in [9.17, 15) is 43.5 Å². The molecule has 5 unspecified atom stereocenters. The molecule has 0 aromatic carbocycles. The van der Waals surface area contributed by atoms with Gasteiger partial charge in [-0.3, -0.25) is 32.5 Å². The Morgan fingerprint density at radius 3 is 0.816 bits per heavy atom. The molecule has 0 saturated carbocycles. The summed E-state index contributed by atoms with van der Waals surface area (Å²) in [5.41, 5.74) is 0. The second-order valence-electron chi connectivity index (χ2n) is 26.5. The predicted molar refractivity (Wildman–Crippen MR) is 426 cm³/mol. The van der Waals surface area contributed by atoms with Crippen molar-refractivity contribution in [1.82, 2.24) is 0 Å². The smallest absolute Gasteiger partial charge is 0.463 e. The van der Waals surface area contributed by atoms with Gasteiger partial charge in [0.05, 0.1) is 26.4 Å². The van der Waals surface area contributed by atoms with Gasteiger partial charge < -0.3 is 34.2 Å². The average molecular weight is 1480 g/mol. The lowest BCUT2D eigenvalue weighted by Crippen LogP contribution is -2.30. The first-order valence-corrected chi connectivity index (χ1v) is 43.1. The number of carbonyl (C=O) groups is 3. The molecule has 16 nitrogen and oxygen atoms in total. The summed E-state index contributed by atoms with van der Waals surface area (Å²) in [6.45, 7) is 2.48. The van der Waals surface area contributed by atoms with Crippen LogP contribution < -0.4 is 0 Å². The van der Waals surface area contributed by atoms with Crippen LogP contribution >= 0.6 is 15.6 Å². The maximum Gasteiger partial charge on any atom is 0.472 e. The van der Waals surface area contributed by atoms with E-state index in [4.69, 9.17) is 32.3 Å². The number of phosphoric acid groups is 2. The van der Waals surface area contributed by atoms with Crippen LogP contribution in [0.4, 0.5) is 0 Å². The van der Waals surface area contributed by atoms with Crippen molar-refractivity contribution in [3.8, 4) is 0 Å². The molecule has 103 heavy (non-hydrogen) atoms. The summed E-state index contributed by atoms with van der Waals surface area (Å²) in [4.78, 5) is 58.7. The second-order valence-corrected chi connectivity index (χ2v) is 29.4. The first kappa shape index (κ1) is 98.4. The summed E-state index contributed by atoms with van der Waals surface area (Å²) in [6, 6.07) is 0. The van der Waals surface area contributed by atoms with E-state index in [0.29, 0.717) is 19.3 Å². The molecule has 0 radical (unpaired) electrons. The van der Waals surface area contributed by atoms with E-state index in [0.717, 1.165) is 167 Å². The third kappa shape index (κ3) is 78.3. The van der Waals surface area contributed by atoms with Crippen LogP contribution in [0.5, 0.6) is 0 Å². The summed E-state index contributed by atoms with van der Waals surface area (Å²) in [5.74, 6) is -1.61. The van der Waals surface area contributed by atoms with Gasteiger partial charge in [-0.2, -0.15) is 0 Å². The molecular weight excluding hydrogens is 1340 g/mol. The van der Waals surface area contributed by atoms with E-state index in [2.05, 4.69) is 167 Å². The Kier molecular flexibility index (Phi) is 73.6. The fourth-order valence-electron chi connectivity index (χ4n) is 10.4. The SMILES string of the molecule is CC/C=C\C/C=C\C/C=C\C/C=C\C/C=C\CCCCCCCCCCCCCC(=O)OCC(O)COP(=O)(O)OCC(O)COP(=O)(O)OCC(COC(=O)CCCCCCC/C=C\C/C=C\C/C=C\C/C=C\CCCCC)OC(=O)CCCCCCCC/C=C\C/C=C\C/C=C\CCCCC. The van der Waals surface area contributed by atoms with Gasteiger partial charge in [0.15, 0.2) is 6.10 Å². The molecule has 18 heteroatoms. The quantitative estimate of drug-likeness (QED) is 0.0146. The number of aliphatic hydroxyl groups excluding tert-OH is 2. The van der Waals surface area contributed by atoms with Gasteiger partial charge >= 0.3 is 33.6 Å². The van der Waals surface area contributed by atoms with Crippen molar-refractivity contribution < 1.29 is 75.8 Å². The van der Waals surface area contributed by atoms with Crippen molar-refractivity contribution >= 4 is 33.6 Å². The van der Waals surface area contributed by atoms with E-state index in [1.165, 1.54) is 89.9 Å². The van der Waals surface area contributed by atoms with Crippen molar-refractivity contribution in [2.75, 3.05) is 39.6 Å². The van der Waals surface area contributed by atoms with Gasteiger partial charge in [-0.1, -0.05) is 295 Å². The molecule has 0 amide bonds. The standard InChI is InChI=1S/C85H144O16P2/c1-4-7-10-13-16-19-22-25-28-31-34-36-37-38-39-40-41-43-46-47-50-53-56-59-62-65-68-71-83(88)95-74-80(86)75-97-102(91,92)98-76-81(87)77-99-103(93,94)100-79-82(101-85(90)73-70-67-64-61-58-55-52-49-44-33-30-27-24-21-18-15-12-9-6-3)78-96-84(89)72-69-66-63-60-57-54-51-48-45-42-35-32-29-26-23-20-17-14-11-8-5-2/h7,10,16-21,25-30,34-36,38-39,42,44,48-49,51,80-82,86-87H,4-6,8-9,11-15,22-24,31-33,37,40-41,43,45-47,50,52-79H2,1-3H3,(H,91,92)(H,93,94)/b10-7-,19-16-,20-17-,21-18-,28-25-,29-26-,30-27-,36-34-,39-38-,42-35-,49-44-,51-48-. The Morgan fingerprint density at radius 2 is 0.515 bits per heavy atom. The van der Waals surface area contributed by atoms with Crippen molar-refractivity contribution in [2.45, 2.75) is 334 Å². The average Bonchev–Trinajstić information content (AvgIpc) is 0.923. The molecule has 0 aliphatic rings. The van der Waals surface area contributed by atoms with E-state index in [-0.39, 0.29) is 19.3 Å². The third-order valence-electron chi connectivity index (χ3n) is 16.5. The second kappa shape index (κ2) is 77.1. The van der Waals surface area contributed by atoms with Crippen LogP contribution in [0.2, 0.25) is 0 Å². The van der Waals surface area contributed by atoms with Gasteiger partial charge in [0.1, 0.15) is 25.4 Å². The zero-order chi connectivity index (χ0) is 75.2. The summed E-state index contributed by atoms with van der Waals surface area (Å²) in [6.07, 6.45) is 94.5. The molecule has 0 aromatic heterocycles. The minimum Gasteiger partial charge on any atom is -0.463 e. The first-order valence-electron chi connectivity index (χ1n) is 40.1. The van der Waals surface area contributed by atoms with Crippen molar-refractivity contribution in [2.24, 2.45) is 0 Å². The molecule has 0 aliphatic heterocycles. The van der Waals surface area contributed by atoms with Crippen molar-refractivity contribution in [1.29, 1.82) is 0 Å². The van der Waals surface area contributed by atoms with Crippen LogP contribution in [0, 0.1) is 0 Å². The largest absolute Gasteiger partial charge is 0.472 e. The number of rotatable bonds is 75. The lowest BCUT2D eigenvalue weighted by molar-refractivity contribution is -0.161. The molecule has 0 bridgehead atoms. The van der Waals surface area contributed by atoms with E-state index >= 15 is 0 Å². The molecule has 0 spiro atoms. The number of carbonyl (C=O) groups excluding carboxylic acids is 3. The first-order chi connectivity index (χ1) is 50.2. The fraction of sp³-hybridized carbons (Fsp3) is 0.682.